The quantitative estimate of drug-likeness (QED) is 0.883. The summed E-state index contributed by atoms with van der Waals surface area (Å²) < 4.78 is 7.21. The summed E-state index contributed by atoms with van der Waals surface area (Å²) in [5.74, 6) is 0.645. The summed E-state index contributed by atoms with van der Waals surface area (Å²) in [7, 11) is 0. The van der Waals surface area contributed by atoms with Crippen molar-refractivity contribution in [3.8, 4) is 0 Å². The van der Waals surface area contributed by atoms with Crippen molar-refractivity contribution in [2.45, 2.75) is 39.8 Å². The predicted molar refractivity (Wildman–Crippen MR) is 64.7 cm³/mol. The van der Waals surface area contributed by atoms with Crippen molar-refractivity contribution in [3.05, 3.63) is 41.1 Å². The molecule has 0 aliphatic carbocycles. The first kappa shape index (κ1) is 11.9. The van der Waals surface area contributed by atoms with Crippen LogP contribution < -0.4 is 0 Å². The Bertz CT molecular complexity index is 499. The number of rotatable bonds is 4. The molecule has 17 heavy (non-hydrogen) atoms. The van der Waals surface area contributed by atoms with E-state index in [0.717, 1.165) is 23.5 Å². The molecular formula is C13H18N2O2. The van der Waals surface area contributed by atoms with E-state index < -0.39 is 6.10 Å². The molecule has 1 atom stereocenters. The van der Waals surface area contributed by atoms with Gasteiger partial charge in [-0.05, 0) is 38.5 Å². The van der Waals surface area contributed by atoms with E-state index in [1.54, 1.807) is 6.26 Å². The Morgan fingerprint density at radius 1 is 1.47 bits per heavy atom. The van der Waals surface area contributed by atoms with Gasteiger partial charge in [0.2, 0.25) is 0 Å². The second kappa shape index (κ2) is 4.75. The lowest BCUT2D eigenvalue weighted by Gasteiger charge is -2.10. The molecular weight excluding hydrogens is 216 g/mol. The molecule has 2 heterocycles. The van der Waals surface area contributed by atoms with E-state index in [9.17, 15) is 5.11 Å². The minimum Gasteiger partial charge on any atom is -0.466 e. The topological polar surface area (TPSA) is 51.2 Å². The Morgan fingerprint density at radius 3 is 2.82 bits per heavy atom. The maximum atomic E-state index is 10.1. The predicted octanol–water partition coefficient (Wildman–Crippen LogP) is 2.39. The van der Waals surface area contributed by atoms with Gasteiger partial charge in [-0.3, -0.25) is 4.68 Å². The van der Waals surface area contributed by atoms with Crippen molar-refractivity contribution in [1.82, 2.24) is 9.78 Å². The molecule has 92 valence electrons. The molecule has 0 bridgehead atoms. The molecule has 0 radical (unpaired) electrons. The number of hydrogen-bond donors (Lipinski definition) is 1. The first-order chi connectivity index (χ1) is 8.11. The standard InChI is InChI=1S/C13H18N2O2/c1-4-15-11(7-10(3)14-15)8-12(16)13-9(2)5-6-17-13/h5-7,12,16H,4,8H2,1-3H3. The monoisotopic (exact) mass is 234 g/mol. The van der Waals surface area contributed by atoms with Crippen LogP contribution in [0.3, 0.4) is 0 Å². The van der Waals surface area contributed by atoms with Gasteiger partial charge in [0.25, 0.3) is 0 Å². The van der Waals surface area contributed by atoms with E-state index in [-0.39, 0.29) is 0 Å². The van der Waals surface area contributed by atoms with Gasteiger partial charge in [0, 0.05) is 18.7 Å². The van der Waals surface area contributed by atoms with E-state index in [1.165, 1.54) is 0 Å². The molecule has 2 aromatic rings. The average Bonchev–Trinajstić information content (AvgIpc) is 2.84. The third-order valence-electron chi connectivity index (χ3n) is 2.89. The average molecular weight is 234 g/mol. The third-order valence-corrected chi connectivity index (χ3v) is 2.89. The van der Waals surface area contributed by atoms with Crippen LogP contribution >= 0.6 is 0 Å². The summed E-state index contributed by atoms with van der Waals surface area (Å²) in [5, 5.41) is 14.5. The molecule has 0 aliphatic heterocycles. The van der Waals surface area contributed by atoms with Crippen LogP contribution in [0.25, 0.3) is 0 Å². The zero-order valence-electron chi connectivity index (χ0n) is 10.5. The van der Waals surface area contributed by atoms with Crippen molar-refractivity contribution in [1.29, 1.82) is 0 Å². The van der Waals surface area contributed by atoms with Crippen LogP contribution in [0, 0.1) is 13.8 Å². The normalized spacial score (nSPS) is 12.9. The molecule has 0 spiro atoms. The highest BCUT2D eigenvalue weighted by Gasteiger charge is 2.17. The number of aryl methyl sites for hydroxylation is 3. The summed E-state index contributed by atoms with van der Waals surface area (Å²) in [4.78, 5) is 0. The second-order valence-electron chi connectivity index (χ2n) is 4.28. The summed E-state index contributed by atoms with van der Waals surface area (Å²) in [6.45, 7) is 6.75. The molecule has 0 fully saturated rings. The van der Waals surface area contributed by atoms with Crippen LogP contribution in [-0.2, 0) is 13.0 Å². The lowest BCUT2D eigenvalue weighted by atomic mass is 10.1. The minimum absolute atomic E-state index is 0.531. The van der Waals surface area contributed by atoms with E-state index in [4.69, 9.17) is 4.42 Å². The fourth-order valence-corrected chi connectivity index (χ4v) is 2.05. The molecule has 2 rings (SSSR count). The lowest BCUT2D eigenvalue weighted by molar-refractivity contribution is 0.146. The van der Waals surface area contributed by atoms with Gasteiger partial charge in [-0.2, -0.15) is 5.10 Å². The Morgan fingerprint density at radius 2 is 2.24 bits per heavy atom. The molecule has 2 aromatic heterocycles. The third kappa shape index (κ3) is 2.42. The zero-order chi connectivity index (χ0) is 12.4. The number of furan rings is 1. The number of aromatic nitrogens is 2. The van der Waals surface area contributed by atoms with E-state index in [2.05, 4.69) is 5.10 Å². The van der Waals surface area contributed by atoms with Crippen LogP contribution in [0.5, 0.6) is 0 Å². The van der Waals surface area contributed by atoms with Crippen molar-refractivity contribution in [3.63, 3.8) is 0 Å². The Labute approximate surface area is 101 Å². The SMILES string of the molecule is CCn1nc(C)cc1CC(O)c1occc1C. The van der Waals surface area contributed by atoms with Crippen molar-refractivity contribution >= 4 is 0 Å². The summed E-state index contributed by atoms with van der Waals surface area (Å²) >= 11 is 0. The number of nitrogens with zero attached hydrogens (tertiary/aromatic N) is 2. The number of aliphatic hydroxyl groups is 1. The highest BCUT2D eigenvalue weighted by molar-refractivity contribution is 5.19. The highest BCUT2D eigenvalue weighted by Crippen LogP contribution is 2.22. The van der Waals surface area contributed by atoms with Crippen LogP contribution in [0.15, 0.2) is 22.8 Å². The van der Waals surface area contributed by atoms with Gasteiger partial charge in [-0.15, -0.1) is 0 Å². The van der Waals surface area contributed by atoms with E-state index in [0.29, 0.717) is 12.2 Å². The number of hydrogen-bond acceptors (Lipinski definition) is 3. The molecule has 0 aliphatic rings. The summed E-state index contributed by atoms with van der Waals surface area (Å²) in [6, 6.07) is 3.87. The van der Waals surface area contributed by atoms with Gasteiger partial charge in [0.15, 0.2) is 0 Å². The van der Waals surface area contributed by atoms with E-state index >= 15 is 0 Å². The van der Waals surface area contributed by atoms with Crippen molar-refractivity contribution in [2.75, 3.05) is 0 Å². The Kier molecular flexibility index (Phi) is 3.33. The van der Waals surface area contributed by atoms with Gasteiger partial charge in [-0.25, -0.2) is 0 Å². The number of aliphatic hydroxyl groups excluding tert-OH is 1. The zero-order valence-corrected chi connectivity index (χ0v) is 10.5. The smallest absolute Gasteiger partial charge is 0.135 e. The second-order valence-corrected chi connectivity index (χ2v) is 4.28. The maximum absolute atomic E-state index is 10.1. The van der Waals surface area contributed by atoms with E-state index in [1.807, 2.05) is 37.6 Å². The van der Waals surface area contributed by atoms with Crippen LogP contribution in [-0.4, -0.2) is 14.9 Å². The summed E-state index contributed by atoms with van der Waals surface area (Å²) in [5.41, 5.74) is 3.00. The molecule has 0 amide bonds. The van der Waals surface area contributed by atoms with Crippen LogP contribution in [0.4, 0.5) is 0 Å². The van der Waals surface area contributed by atoms with Crippen molar-refractivity contribution < 1.29 is 9.52 Å². The Hall–Kier alpha value is -1.55. The molecule has 4 nitrogen and oxygen atoms in total. The molecule has 1 N–H and O–H groups in total. The fourth-order valence-electron chi connectivity index (χ4n) is 2.05. The molecule has 0 aromatic carbocycles. The lowest BCUT2D eigenvalue weighted by Crippen LogP contribution is -2.08. The van der Waals surface area contributed by atoms with Crippen molar-refractivity contribution in [2.24, 2.45) is 0 Å². The summed E-state index contributed by atoms with van der Waals surface area (Å²) in [6.07, 6.45) is 1.53. The highest BCUT2D eigenvalue weighted by atomic mass is 16.4. The van der Waals surface area contributed by atoms with Crippen LogP contribution in [0.1, 0.15) is 35.7 Å². The van der Waals surface area contributed by atoms with Gasteiger partial charge in [0.05, 0.1) is 12.0 Å². The first-order valence-electron chi connectivity index (χ1n) is 5.87. The minimum atomic E-state index is -0.605. The van der Waals surface area contributed by atoms with Gasteiger partial charge < -0.3 is 9.52 Å². The van der Waals surface area contributed by atoms with Crippen LogP contribution in [0.2, 0.25) is 0 Å². The molecule has 0 saturated heterocycles. The fraction of sp³-hybridized carbons (Fsp3) is 0.462. The Balaban J connectivity index is 2.18. The molecule has 4 heteroatoms. The maximum Gasteiger partial charge on any atom is 0.135 e. The molecule has 0 saturated carbocycles. The molecule has 1 unspecified atom stereocenters. The first-order valence-corrected chi connectivity index (χ1v) is 5.87. The largest absolute Gasteiger partial charge is 0.466 e. The van der Waals surface area contributed by atoms with Gasteiger partial charge in [-0.1, -0.05) is 0 Å². The van der Waals surface area contributed by atoms with Gasteiger partial charge >= 0.3 is 0 Å². The van der Waals surface area contributed by atoms with Gasteiger partial charge in [0.1, 0.15) is 11.9 Å².